The zero-order valence-corrected chi connectivity index (χ0v) is 24.8. The van der Waals surface area contributed by atoms with E-state index in [1.54, 1.807) is 0 Å². The van der Waals surface area contributed by atoms with Crippen LogP contribution in [0.5, 0.6) is 28.7 Å². The molecule has 2 aromatic rings. The number of carbonyl (C=O) groups excluding carboxylic acids is 2. The van der Waals surface area contributed by atoms with Crippen molar-refractivity contribution in [3.63, 3.8) is 0 Å². The van der Waals surface area contributed by atoms with E-state index in [1.165, 1.54) is 39.5 Å². The minimum atomic E-state index is -1.80. The maximum absolute atomic E-state index is 13.5. The fourth-order valence-electron chi connectivity index (χ4n) is 4.90. The molecule has 0 saturated carbocycles. The molecule has 0 bridgehead atoms. The predicted molar refractivity (Wildman–Crippen MR) is 150 cm³/mol. The zero-order chi connectivity index (χ0) is 33.9. The number of aliphatic hydroxyl groups excluding tert-OH is 8. The van der Waals surface area contributed by atoms with E-state index in [4.69, 9.17) is 33.2 Å². The monoisotopic (exact) mass is 656 g/mol. The Balaban J connectivity index is 1.63. The quantitative estimate of drug-likeness (QED) is 0.0843. The molecule has 10 atom stereocenters. The minimum absolute atomic E-state index is 0.0438. The van der Waals surface area contributed by atoms with E-state index in [9.17, 15) is 50.4 Å². The van der Waals surface area contributed by atoms with E-state index in [0.29, 0.717) is 0 Å². The first kappa shape index (κ1) is 35.2. The Morgan fingerprint density at radius 2 is 1.04 bits per heavy atom. The van der Waals surface area contributed by atoms with E-state index in [2.05, 4.69) is 0 Å². The summed E-state index contributed by atoms with van der Waals surface area (Å²) in [6.45, 7) is -1.43. The lowest BCUT2D eigenvalue weighted by atomic mass is 9.99. The highest BCUT2D eigenvalue weighted by Crippen LogP contribution is 2.41. The first-order chi connectivity index (χ1) is 21.9. The van der Waals surface area contributed by atoms with Gasteiger partial charge in [-0.25, -0.2) is 0 Å². The molecule has 2 aromatic carbocycles. The smallest absolute Gasteiger partial charge is 0.233 e. The Labute approximate surface area is 261 Å². The van der Waals surface area contributed by atoms with Gasteiger partial charge in [0.1, 0.15) is 48.8 Å². The molecule has 2 aliphatic heterocycles. The van der Waals surface area contributed by atoms with Crippen molar-refractivity contribution in [2.75, 3.05) is 34.5 Å². The van der Waals surface area contributed by atoms with Crippen molar-refractivity contribution < 1.29 is 83.6 Å². The highest BCUT2D eigenvalue weighted by Gasteiger charge is 2.46. The molecule has 46 heavy (non-hydrogen) atoms. The van der Waals surface area contributed by atoms with E-state index >= 15 is 0 Å². The number of hydrogen-bond acceptors (Lipinski definition) is 17. The Morgan fingerprint density at radius 1 is 0.587 bits per heavy atom. The average molecular weight is 657 g/mol. The van der Waals surface area contributed by atoms with Crippen LogP contribution in [-0.2, 0) is 9.47 Å². The summed E-state index contributed by atoms with van der Waals surface area (Å²) >= 11 is 0. The van der Waals surface area contributed by atoms with Crippen molar-refractivity contribution in [3.05, 3.63) is 41.5 Å². The molecule has 0 spiro atoms. The van der Waals surface area contributed by atoms with Crippen LogP contribution in [-0.4, -0.2) is 148 Å². The van der Waals surface area contributed by atoms with Crippen LogP contribution in [0.2, 0.25) is 0 Å². The van der Waals surface area contributed by atoms with Crippen LogP contribution in [0, 0.1) is 0 Å². The summed E-state index contributed by atoms with van der Waals surface area (Å²) in [4.78, 5) is 26.9. The lowest BCUT2D eigenvalue weighted by molar-refractivity contribution is -0.277. The number of Topliss-reactive ketones (excluding diaryl/α,β-unsaturated/α-hetero) is 2. The van der Waals surface area contributed by atoms with Crippen molar-refractivity contribution in [3.8, 4) is 28.7 Å². The molecule has 17 heteroatoms. The van der Waals surface area contributed by atoms with Crippen LogP contribution >= 0.6 is 0 Å². The summed E-state index contributed by atoms with van der Waals surface area (Å²) in [5.74, 6) is -2.70. The van der Waals surface area contributed by atoms with Gasteiger partial charge in [0.15, 0.2) is 23.0 Å². The largest absolute Gasteiger partial charge is 0.493 e. The first-order valence-electron chi connectivity index (χ1n) is 13.9. The molecule has 2 heterocycles. The molecular weight excluding hydrogens is 620 g/mol. The fraction of sp³-hybridized carbons (Fsp3) is 0.517. The van der Waals surface area contributed by atoms with Crippen LogP contribution in [0.25, 0.3) is 0 Å². The van der Waals surface area contributed by atoms with Gasteiger partial charge in [-0.1, -0.05) is 0 Å². The molecule has 4 rings (SSSR count). The molecule has 0 radical (unpaired) electrons. The molecule has 2 fully saturated rings. The number of ketones is 2. The summed E-state index contributed by atoms with van der Waals surface area (Å²) in [6.07, 6.45) is -16.2. The van der Waals surface area contributed by atoms with Crippen molar-refractivity contribution in [2.24, 2.45) is 0 Å². The Hall–Kier alpha value is -3.62. The Morgan fingerprint density at radius 3 is 1.52 bits per heavy atom. The van der Waals surface area contributed by atoms with Gasteiger partial charge in [0.05, 0.1) is 34.5 Å². The van der Waals surface area contributed by atoms with Crippen molar-refractivity contribution >= 4 is 11.6 Å². The molecule has 17 nitrogen and oxygen atoms in total. The number of aliphatic hydroxyl groups is 8. The normalized spacial score (nSPS) is 31.1. The molecule has 2 aliphatic rings. The lowest BCUT2D eigenvalue weighted by Crippen LogP contribution is -2.60. The average Bonchev–Trinajstić information content (AvgIpc) is 3.07. The van der Waals surface area contributed by atoms with Gasteiger partial charge in [-0.3, -0.25) is 9.59 Å². The maximum Gasteiger partial charge on any atom is 0.233 e. The number of carbonyl (C=O) groups is 2. The number of hydrogen-bond donors (Lipinski definition) is 8. The molecule has 0 aliphatic carbocycles. The molecule has 2 saturated heterocycles. The summed E-state index contributed by atoms with van der Waals surface area (Å²) in [6, 6.07) is 5.95. The third-order valence-electron chi connectivity index (χ3n) is 7.52. The number of ether oxygens (including phenoxy) is 7. The SMILES string of the molecule is COc1ccc(C(=O)C(=O)c2cc(OC)c(OC)c(O[C@@H]3O[C@H](CO)[C@@H](O)[C@H](O)[C@H]3O)c2)cc1O[C@@H]1O[C@H](CO)[C@@H](O)[C@H](O)[C@H]1O. The van der Waals surface area contributed by atoms with Gasteiger partial charge in [-0.2, -0.15) is 0 Å². The zero-order valence-electron chi connectivity index (χ0n) is 24.8. The van der Waals surface area contributed by atoms with Gasteiger partial charge in [0.2, 0.25) is 29.9 Å². The third kappa shape index (κ3) is 6.88. The van der Waals surface area contributed by atoms with Crippen LogP contribution < -0.4 is 23.7 Å². The second-order valence-corrected chi connectivity index (χ2v) is 10.4. The molecular formula is C29H36O17. The first-order valence-corrected chi connectivity index (χ1v) is 13.9. The maximum atomic E-state index is 13.5. The van der Waals surface area contributed by atoms with Gasteiger partial charge in [-0.05, 0) is 30.3 Å². The fourth-order valence-corrected chi connectivity index (χ4v) is 4.90. The molecule has 254 valence electrons. The second-order valence-electron chi connectivity index (χ2n) is 10.4. The molecule has 0 unspecified atom stereocenters. The topological polar surface area (TPSA) is 261 Å². The van der Waals surface area contributed by atoms with Crippen LogP contribution in [0.4, 0.5) is 0 Å². The van der Waals surface area contributed by atoms with E-state index < -0.39 is 86.2 Å². The second kappa shape index (κ2) is 14.9. The van der Waals surface area contributed by atoms with Crippen LogP contribution in [0.15, 0.2) is 30.3 Å². The molecule has 0 amide bonds. The number of methoxy groups -OCH3 is 3. The lowest BCUT2D eigenvalue weighted by Gasteiger charge is -2.39. The van der Waals surface area contributed by atoms with Crippen molar-refractivity contribution in [2.45, 2.75) is 61.4 Å². The number of rotatable bonds is 12. The predicted octanol–water partition coefficient (Wildman–Crippen LogP) is -2.86. The minimum Gasteiger partial charge on any atom is -0.493 e. The van der Waals surface area contributed by atoms with Gasteiger partial charge in [0, 0.05) is 11.1 Å². The molecule has 0 aromatic heterocycles. The number of benzene rings is 2. The van der Waals surface area contributed by atoms with Gasteiger partial charge in [-0.15, -0.1) is 0 Å². The standard InChI is InChI=1S/C29H36O17/c1-40-13-5-4-11(6-14(13)43-28-25(38)23(36)21(34)17(9-30)45-28)19(32)20(33)12-7-15(41-2)27(42-3)16(8-12)44-29-26(39)24(37)22(35)18(10-31)46-29/h4-8,17-18,21-26,28-31,34-39H,9-10H2,1-3H3/t17-,18-,21-,22-,23+,24+,25-,26-,28-,29-/m1/s1. The van der Waals surface area contributed by atoms with Crippen LogP contribution in [0.1, 0.15) is 20.7 Å². The Bertz CT molecular complexity index is 1380. The summed E-state index contributed by atoms with van der Waals surface area (Å²) in [7, 11) is 3.78. The highest BCUT2D eigenvalue weighted by molar-refractivity contribution is 6.49. The van der Waals surface area contributed by atoms with Gasteiger partial charge < -0.3 is 74.0 Å². The third-order valence-corrected chi connectivity index (χ3v) is 7.52. The van der Waals surface area contributed by atoms with Crippen LogP contribution in [0.3, 0.4) is 0 Å². The van der Waals surface area contributed by atoms with E-state index in [0.717, 1.165) is 12.1 Å². The summed E-state index contributed by atoms with van der Waals surface area (Å²) in [5, 5.41) is 80.1. The summed E-state index contributed by atoms with van der Waals surface area (Å²) < 4.78 is 37.9. The van der Waals surface area contributed by atoms with Gasteiger partial charge >= 0.3 is 0 Å². The Kier molecular flexibility index (Phi) is 11.4. The van der Waals surface area contributed by atoms with E-state index in [-0.39, 0.29) is 39.9 Å². The van der Waals surface area contributed by atoms with Gasteiger partial charge in [0.25, 0.3) is 0 Å². The summed E-state index contributed by atoms with van der Waals surface area (Å²) in [5.41, 5.74) is -0.481. The van der Waals surface area contributed by atoms with Crippen molar-refractivity contribution in [1.82, 2.24) is 0 Å². The highest BCUT2D eigenvalue weighted by atomic mass is 16.7. The molecule has 8 N–H and O–H groups in total. The van der Waals surface area contributed by atoms with Crippen molar-refractivity contribution in [1.29, 1.82) is 0 Å². The van der Waals surface area contributed by atoms with E-state index in [1.807, 2.05) is 0 Å².